The van der Waals surface area contributed by atoms with E-state index in [1.165, 1.54) is 16.4 Å². The predicted octanol–water partition coefficient (Wildman–Crippen LogP) is 3.63. The van der Waals surface area contributed by atoms with Crippen LogP contribution in [-0.4, -0.2) is 25.8 Å². The topological polar surface area (TPSA) is 63.4 Å². The maximum Gasteiger partial charge on any atom is 0.244 e. The minimum Gasteiger partial charge on any atom is -0.396 e. The van der Waals surface area contributed by atoms with Crippen molar-refractivity contribution in [3.63, 3.8) is 0 Å². The molecule has 0 amide bonds. The molecule has 0 radical (unpaired) electrons. The summed E-state index contributed by atoms with van der Waals surface area (Å²) in [6.45, 7) is 5.38. The SMILES string of the molecule is CC(C)C1CCN(S(=O)(=O)c2ccc(Cl)c(N)c2Cl)CC1. The molecule has 1 heterocycles. The maximum absolute atomic E-state index is 12.7. The van der Waals surface area contributed by atoms with Gasteiger partial charge in [0.15, 0.2) is 0 Å². The van der Waals surface area contributed by atoms with Gasteiger partial charge in [-0.1, -0.05) is 37.0 Å². The lowest BCUT2D eigenvalue weighted by molar-refractivity contribution is 0.226. The Morgan fingerprint density at radius 3 is 2.33 bits per heavy atom. The van der Waals surface area contributed by atoms with Gasteiger partial charge in [-0.2, -0.15) is 4.31 Å². The third kappa shape index (κ3) is 3.31. The van der Waals surface area contributed by atoms with E-state index in [0.717, 1.165) is 12.8 Å². The first-order valence-corrected chi connectivity index (χ1v) is 9.18. The van der Waals surface area contributed by atoms with Gasteiger partial charge in [-0.05, 0) is 36.8 Å². The van der Waals surface area contributed by atoms with Crippen LogP contribution in [0.4, 0.5) is 5.69 Å². The Morgan fingerprint density at radius 1 is 1.24 bits per heavy atom. The Kier molecular flexibility index (Phi) is 5.08. The number of halogens is 2. The van der Waals surface area contributed by atoms with Crippen LogP contribution >= 0.6 is 23.2 Å². The third-order valence-corrected chi connectivity index (χ3v) is 6.94. The summed E-state index contributed by atoms with van der Waals surface area (Å²) in [7, 11) is -3.62. The van der Waals surface area contributed by atoms with Gasteiger partial charge in [0.25, 0.3) is 0 Å². The second kappa shape index (κ2) is 6.32. The fourth-order valence-electron chi connectivity index (χ4n) is 2.67. The highest BCUT2D eigenvalue weighted by atomic mass is 35.5. The summed E-state index contributed by atoms with van der Waals surface area (Å²) < 4.78 is 26.9. The number of nitrogen functional groups attached to an aromatic ring is 1. The smallest absolute Gasteiger partial charge is 0.244 e. The van der Waals surface area contributed by atoms with Crippen molar-refractivity contribution in [3.05, 3.63) is 22.2 Å². The van der Waals surface area contributed by atoms with Crippen LogP contribution in [0.2, 0.25) is 10.0 Å². The highest BCUT2D eigenvalue weighted by Gasteiger charge is 2.32. The van der Waals surface area contributed by atoms with E-state index in [4.69, 9.17) is 28.9 Å². The van der Waals surface area contributed by atoms with Crippen molar-refractivity contribution >= 4 is 38.9 Å². The Bertz CT molecular complexity index is 624. The van der Waals surface area contributed by atoms with Crippen molar-refractivity contribution < 1.29 is 8.42 Å². The van der Waals surface area contributed by atoms with Crippen LogP contribution in [0.15, 0.2) is 17.0 Å². The first-order chi connectivity index (χ1) is 9.75. The number of hydrogen-bond acceptors (Lipinski definition) is 3. The predicted molar refractivity (Wildman–Crippen MR) is 87.2 cm³/mol. The van der Waals surface area contributed by atoms with Crippen molar-refractivity contribution in [2.45, 2.75) is 31.6 Å². The number of piperidine rings is 1. The van der Waals surface area contributed by atoms with Crippen LogP contribution in [0.1, 0.15) is 26.7 Å². The molecular formula is C14H20Cl2N2O2S. The van der Waals surface area contributed by atoms with Crippen LogP contribution in [-0.2, 0) is 10.0 Å². The van der Waals surface area contributed by atoms with Crippen molar-refractivity contribution in [2.75, 3.05) is 18.8 Å². The Balaban J connectivity index is 2.26. The number of sulfonamides is 1. The standard InChI is InChI=1S/C14H20Cl2N2O2S/c1-9(2)10-5-7-18(8-6-10)21(19,20)12-4-3-11(15)14(17)13(12)16/h3-4,9-10H,5-8,17H2,1-2H3. The van der Waals surface area contributed by atoms with E-state index in [-0.39, 0.29) is 20.6 Å². The van der Waals surface area contributed by atoms with Gasteiger partial charge in [-0.15, -0.1) is 0 Å². The van der Waals surface area contributed by atoms with Crippen LogP contribution < -0.4 is 5.73 Å². The third-order valence-electron chi connectivity index (χ3n) is 4.15. The largest absolute Gasteiger partial charge is 0.396 e. The number of rotatable bonds is 3. The van der Waals surface area contributed by atoms with Gasteiger partial charge in [-0.25, -0.2) is 8.42 Å². The van der Waals surface area contributed by atoms with Gasteiger partial charge < -0.3 is 5.73 Å². The van der Waals surface area contributed by atoms with Gasteiger partial charge >= 0.3 is 0 Å². The average Bonchev–Trinajstić information content (AvgIpc) is 2.44. The van der Waals surface area contributed by atoms with Crippen LogP contribution in [0, 0.1) is 11.8 Å². The molecule has 2 N–H and O–H groups in total. The van der Waals surface area contributed by atoms with Crippen LogP contribution in [0.5, 0.6) is 0 Å². The monoisotopic (exact) mass is 350 g/mol. The van der Waals surface area contributed by atoms with E-state index < -0.39 is 10.0 Å². The molecule has 0 aromatic heterocycles. The molecule has 1 aliphatic rings. The molecule has 118 valence electrons. The van der Waals surface area contributed by atoms with E-state index >= 15 is 0 Å². The summed E-state index contributed by atoms with van der Waals surface area (Å²) in [5, 5.41) is 0.269. The zero-order chi connectivity index (χ0) is 15.8. The van der Waals surface area contributed by atoms with E-state index in [9.17, 15) is 8.42 Å². The van der Waals surface area contributed by atoms with E-state index in [2.05, 4.69) is 13.8 Å². The van der Waals surface area contributed by atoms with Gasteiger partial charge in [0.2, 0.25) is 10.0 Å². The molecule has 4 nitrogen and oxygen atoms in total. The molecule has 0 aliphatic carbocycles. The summed E-state index contributed by atoms with van der Waals surface area (Å²) in [5.74, 6) is 1.15. The molecule has 1 aliphatic heterocycles. The number of nitrogens with zero attached hydrogens (tertiary/aromatic N) is 1. The Labute approximate surface area is 136 Å². The fraction of sp³-hybridized carbons (Fsp3) is 0.571. The van der Waals surface area contributed by atoms with Crippen molar-refractivity contribution in [3.8, 4) is 0 Å². The van der Waals surface area contributed by atoms with E-state index in [0.29, 0.717) is 24.9 Å². The number of benzene rings is 1. The summed E-state index contributed by atoms with van der Waals surface area (Å²) in [5.41, 5.74) is 5.83. The number of nitrogens with two attached hydrogens (primary N) is 1. The second-order valence-electron chi connectivity index (χ2n) is 5.76. The highest BCUT2D eigenvalue weighted by Crippen LogP contribution is 2.36. The minimum absolute atomic E-state index is 0.00785. The van der Waals surface area contributed by atoms with Gasteiger partial charge in [0.1, 0.15) is 4.90 Å². The first kappa shape index (κ1) is 16.9. The molecule has 1 aromatic rings. The Morgan fingerprint density at radius 2 is 1.81 bits per heavy atom. The lowest BCUT2D eigenvalue weighted by Gasteiger charge is -2.33. The van der Waals surface area contributed by atoms with Gasteiger partial charge in [0, 0.05) is 13.1 Å². The van der Waals surface area contributed by atoms with E-state index in [1.54, 1.807) is 0 Å². The second-order valence-corrected chi connectivity index (χ2v) is 8.45. The highest BCUT2D eigenvalue weighted by molar-refractivity contribution is 7.89. The molecule has 0 bridgehead atoms. The quantitative estimate of drug-likeness (QED) is 0.846. The van der Waals surface area contributed by atoms with Crippen molar-refractivity contribution in [1.82, 2.24) is 4.31 Å². The van der Waals surface area contributed by atoms with Crippen molar-refractivity contribution in [2.24, 2.45) is 11.8 Å². The molecule has 0 unspecified atom stereocenters. The summed E-state index contributed by atoms with van der Waals surface area (Å²) >= 11 is 11.9. The van der Waals surface area contributed by atoms with E-state index in [1.807, 2.05) is 0 Å². The molecule has 0 spiro atoms. The lowest BCUT2D eigenvalue weighted by Crippen LogP contribution is -2.39. The Hall–Kier alpha value is -0.490. The summed E-state index contributed by atoms with van der Waals surface area (Å²) in [6, 6.07) is 2.89. The molecule has 1 fully saturated rings. The molecular weight excluding hydrogens is 331 g/mol. The lowest BCUT2D eigenvalue weighted by atomic mass is 9.87. The fourth-order valence-corrected chi connectivity index (χ4v) is 4.88. The van der Waals surface area contributed by atoms with Crippen molar-refractivity contribution in [1.29, 1.82) is 0 Å². The summed E-state index contributed by atoms with van der Waals surface area (Å²) in [6.07, 6.45) is 1.75. The molecule has 21 heavy (non-hydrogen) atoms. The first-order valence-electron chi connectivity index (χ1n) is 6.98. The normalized spacial score (nSPS) is 18.3. The number of hydrogen-bond donors (Lipinski definition) is 1. The average molecular weight is 351 g/mol. The minimum atomic E-state index is -3.62. The molecule has 0 saturated carbocycles. The molecule has 1 saturated heterocycles. The maximum atomic E-state index is 12.7. The van der Waals surface area contributed by atoms with Gasteiger partial charge in [-0.3, -0.25) is 0 Å². The van der Waals surface area contributed by atoms with Crippen LogP contribution in [0.3, 0.4) is 0 Å². The zero-order valence-corrected chi connectivity index (χ0v) is 14.5. The zero-order valence-electron chi connectivity index (χ0n) is 12.1. The molecule has 1 aromatic carbocycles. The van der Waals surface area contributed by atoms with Gasteiger partial charge in [0.05, 0.1) is 15.7 Å². The molecule has 7 heteroatoms. The van der Waals surface area contributed by atoms with Crippen LogP contribution in [0.25, 0.3) is 0 Å². The molecule has 2 rings (SSSR count). The summed E-state index contributed by atoms with van der Waals surface area (Å²) in [4.78, 5) is 0.0362. The number of anilines is 1. The molecule has 0 atom stereocenters.